The van der Waals surface area contributed by atoms with Crippen LogP contribution < -0.4 is 0 Å². The highest BCUT2D eigenvalue weighted by Gasteiger charge is 2.41. The van der Waals surface area contributed by atoms with E-state index in [1.165, 1.54) is 12.1 Å². The van der Waals surface area contributed by atoms with E-state index in [4.69, 9.17) is 0 Å². The van der Waals surface area contributed by atoms with Crippen molar-refractivity contribution in [2.45, 2.75) is 31.4 Å². The summed E-state index contributed by atoms with van der Waals surface area (Å²) in [7, 11) is -3.92. The second-order valence-corrected chi connectivity index (χ2v) is 8.66. The van der Waals surface area contributed by atoms with Gasteiger partial charge in [-0.25, -0.2) is 12.7 Å². The highest BCUT2D eigenvalue weighted by atomic mass is 32.2. The molecule has 1 atom stereocenters. The van der Waals surface area contributed by atoms with Crippen molar-refractivity contribution in [1.82, 2.24) is 8.87 Å². The zero-order valence-corrected chi connectivity index (χ0v) is 15.9. The van der Waals surface area contributed by atoms with Crippen LogP contribution in [0.1, 0.15) is 21.6 Å². The quantitative estimate of drug-likeness (QED) is 0.749. The summed E-state index contributed by atoms with van der Waals surface area (Å²) in [6, 6.07) is 14.0. The smallest absolute Gasteiger partial charge is 0.269 e. The molecular weight excluding hydrogens is 364 g/mol. The summed E-state index contributed by atoms with van der Waals surface area (Å²) in [5.41, 5.74) is 3.26. The van der Waals surface area contributed by atoms with Crippen LogP contribution >= 0.6 is 0 Å². The van der Waals surface area contributed by atoms with E-state index in [1.54, 1.807) is 12.1 Å². The van der Waals surface area contributed by atoms with Crippen LogP contribution in [0.5, 0.6) is 0 Å². The van der Waals surface area contributed by atoms with Gasteiger partial charge in [-0.15, -0.1) is 0 Å². The van der Waals surface area contributed by atoms with Crippen molar-refractivity contribution in [2.75, 3.05) is 6.54 Å². The van der Waals surface area contributed by atoms with Crippen molar-refractivity contribution >= 4 is 26.8 Å². The highest BCUT2D eigenvalue weighted by molar-refractivity contribution is 7.90. The largest absolute Gasteiger partial charge is 0.389 e. The fourth-order valence-corrected chi connectivity index (χ4v) is 5.32. The first-order valence-corrected chi connectivity index (χ1v) is 10.1. The molecule has 2 aromatic carbocycles. The molecular formula is C20H20N2O4S. The lowest BCUT2D eigenvalue weighted by Gasteiger charge is -2.21. The molecule has 0 unspecified atom stereocenters. The molecule has 1 N–H and O–H groups in total. The molecule has 1 aliphatic rings. The first-order valence-electron chi connectivity index (χ1n) is 8.71. The average molecular weight is 384 g/mol. The second-order valence-electron chi connectivity index (χ2n) is 6.83. The number of aliphatic hydroxyl groups excluding tert-OH is 1. The Kier molecular flexibility index (Phi) is 4.09. The minimum atomic E-state index is -3.92. The van der Waals surface area contributed by atoms with Gasteiger partial charge in [0.1, 0.15) is 4.90 Å². The van der Waals surface area contributed by atoms with Crippen LogP contribution in [0.2, 0.25) is 0 Å². The molecule has 1 amide bonds. The van der Waals surface area contributed by atoms with Crippen molar-refractivity contribution in [3.63, 3.8) is 0 Å². The molecule has 0 aliphatic carbocycles. The van der Waals surface area contributed by atoms with Gasteiger partial charge in [-0.3, -0.25) is 4.79 Å². The fourth-order valence-electron chi connectivity index (χ4n) is 3.71. The molecule has 1 aliphatic heterocycles. The van der Waals surface area contributed by atoms with E-state index in [-0.39, 0.29) is 23.5 Å². The monoisotopic (exact) mass is 384 g/mol. The summed E-state index contributed by atoms with van der Waals surface area (Å²) in [6.07, 6.45) is -1.02. The molecule has 0 saturated carbocycles. The van der Waals surface area contributed by atoms with Gasteiger partial charge in [0.15, 0.2) is 0 Å². The number of fused-ring (bicyclic) bond motifs is 2. The van der Waals surface area contributed by atoms with Crippen LogP contribution in [0.15, 0.2) is 53.4 Å². The number of benzene rings is 2. The molecule has 0 fully saturated rings. The van der Waals surface area contributed by atoms with Gasteiger partial charge in [0, 0.05) is 16.6 Å². The molecule has 7 heteroatoms. The normalized spacial score (nSPS) is 16.7. The molecule has 27 heavy (non-hydrogen) atoms. The number of rotatable bonds is 4. The summed E-state index contributed by atoms with van der Waals surface area (Å²) in [5.74, 6) is -0.588. The molecule has 140 valence electrons. The summed E-state index contributed by atoms with van der Waals surface area (Å²) >= 11 is 0. The molecule has 4 rings (SSSR count). The standard InChI is InChI=1S/C20H20N2O4S/c1-13-14(2)21(18-9-5-3-7-16(13)18)11-15(23)12-22-20(24)17-8-4-6-10-19(17)27(22,25)26/h3-10,15,23H,11-12H2,1-2H3/t15-/m0/s1. The third-order valence-corrected chi connectivity index (χ3v) is 7.04. The fraction of sp³-hybridized carbons (Fsp3) is 0.250. The van der Waals surface area contributed by atoms with E-state index in [9.17, 15) is 18.3 Å². The summed E-state index contributed by atoms with van der Waals surface area (Å²) in [4.78, 5) is 12.5. The molecule has 0 radical (unpaired) electrons. The summed E-state index contributed by atoms with van der Waals surface area (Å²) < 4.78 is 28.0. The lowest BCUT2D eigenvalue weighted by Crippen LogP contribution is -2.38. The van der Waals surface area contributed by atoms with Gasteiger partial charge in [-0.1, -0.05) is 30.3 Å². The number of amides is 1. The van der Waals surface area contributed by atoms with Gasteiger partial charge in [0.25, 0.3) is 15.9 Å². The van der Waals surface area contributed by atoms with Gasteiger partial charge < -0.3 is 9.67 Å². The first kappa shape index (κ1) is 17.8. The second kappa shape index (κ2) is 6.21. The molecule has 0 bridgehead atoms. The Labute approximate surface area is 157 Å². The number of aliphatic hydroxyl groups is 1. The summed E-state index contributed by atoms with van der Waals surface area (Å²) in [6.45, 7) is 3.91. The van der Waals surface area contributed by atoms with Gasteiger partial charge in [0.05, 0.1) is 24.8 Å². The van der Waals surface area contributed by atoms with E-state index in [0.717, 1.165) is 26.5 Å². The Morgan fingerprint density at radius 2 is 1.67 bits per heavy atom. The van der Waals surface area contributed by atoms with Gasteiger partial charge in [-0.05, 0) is 37.6 Å². The maximum atomic E-state index is 12.7. The number of hydrogen-bond acceptors (Lipinski definition) is 4. The Morgan fingerprint density at radius 3 is 2.41 bits per heavy atom. The van der Waals surface area contributed by atoms with Crippen molar-refractivity contribution < 1.29 is 18.3 Å². The van der Waals surface area contributed by atoms with Crippen molar-refractivity contribution in [2.24, 2.45) is 0 Å². The van der Waals surface area contributed by atoms with Gasteiger partial charge >= 0.3 is 0 Å². The minimum Gasteiger partial charge on any atom is -0.389 e. The Hall–Kier alpha value is -2.64. The van der Waals surface area contributed by atoms with Crippen molar-refractivity contribution in [1.29, 1.82) is 0 Å². The zero-order valence-electron chi connectivity index (χ0n) is 15.1. The SMILES string of the molecule is Cc1c(C)n(C[C@H](O)CN2C(=O)c3ccccc3S2(=O)=O)c2ccccc12. The predicted molar refractivity (Wildman–Crippen MR) is 102 cm³/mol. The number of carbonyl (C=O) groups excluding carboxylic acids is 1. The predicted octanol–water partition coefficient (Wildman–Crippen LogP) is 2.46. The molecule has 0 saturated heterocycles. The van der Waals surface area contributed by atoms with Gasteiger partial charge in [0.2, 0.25) is 0 Å². The van der Waals surface area contributed by atoms with E-state index in [1.807, 2.05) is 42.7 Å². The third kappa shape index (κ3) is 2.65. The Morgan fingerprint density at radius 1 is 1.00 bits per heavy atom. The third-order valence-electron chi connectivity index (χ3n) is 5.23. The Bertz CT molecular complexity index is 1160. The van der Waals surface area contributed by atoms with Crippen LogP contribution in [-0.4, -0.2) is 41.0 Å². The number of aromatic nitrogens is 1. The number of aryl methyl sites for hydroxylation is 1. The first-order chi connectivity index (χ1) is 12.8. The lowest BCUT2D eigenvalue weighted by atomic mass is 10.2. The van der Waals surface area contributed by atoms with Crippen LogP contribution in [0.4, 0.5) is 0 Å². The molecule has 3 aromatic rings. The van der Waals surface area contributed by atoms with Gasteiger partial charge in [-0.2, -0.15) is 0 Å². The molecule has 2 heterocycles. The maximum Gasteiger partial charge on any atom is 0.269 e. The zero-order chi connectivity index (χ0) is 19.3. The number of carbonyl (C=O) groups is 1. The highest BCUT2D eigenvalue weighted by Crippen LogP contribution is 2.30. The van der Waals surface area contributed by atoms with E-state index < -0.39 is 22.0 Å². The average Bonchev–Trinajstić information content (AvgIpc) is 3.01. The number of hydrogen-bond donors (Lipinski definition) is 1. The Balaban J connectivity index is 1.63. The van der Waals surface area contributed by atoms with Crippen LogP contribution in [0.25, 0.3) is 10.9 Å². The summed E-state index contributed by atoms with van der Waals surface area (Å²) in [5, 5.41) is 11.7. The lowest BCUT2D eigenvalue weighted by molar-refractivity contribution is 0.0772. The van der Waals surface area contributed by atoms with Crippen LogP contribution in [0, 0.1) is 13.8 Å². The van der Waals surface area contributed by atoms with Crippen LogP contribution in [-0.2, 0) is 16.6 Å². The molecule has 0 spiro atoms. The topological polar surface area (TPSA) is 79.6 Å². The van der Waals surface area contributed by atoms with E-state index in [2.05, 4.69) is 0 Å². The number of para-hydroxylation sites is 1. The number of nitrogens with zero attached hydrogens (tertiary/aromatic N) is 2. The van der Waals surface area contributed by atoms with E-state index in [0.29, 0.717) is 0 Å². The minimum absolute atomic E-state index is 0.000592. The number of β-amino-alcohol motifs (C(OH)–C–C–N with tert-alkyl or cyclic N) is 1. The number of sulfonamides is 1. The van der Waals surface area contributed by atoms with E-state index >= 15 is 0 Å². The molecule has 1 aromatic heterocycles. The van der Waals surface area contributed by atoms with Crippen molar-refractivity contribution in [3.8, 4) is 0 Å². The maximum absolute atomic E-state index is 12.7. The van der Waals surface area contributed by atoms with Crippen LogP contribution in [0.3, 0.4) is 0 Å². The van der Waals surface area contributed by atoms with Crippen molar-refractivity contribution in [3.05, 3.63) is 65.4 Å². The molecule has 6 nitrogen and oxygen atoms in total.